The number of nitrogens with zero attached hydrogens (tertiary/aromatic N) is 1. The summed E-state index contributed by atoms with van der Waals surface area (Å²) < 4.78 is 0. The van der Waals surface area contributed by atoms with Crippen molar-refractivity contribution in [2.24, 2.45) is 4.99 Å². The van der Waals surface area contributed by atoms with E-state index in [4.69, 9.17) is 0 Å². The Balaban J connectivity index is 2.53. The van der Waals surface area contributed by atoms with E-state index in [9.17, 15) is 4.79 Å². The van der Waals surface area contributed by atoms with E-state index in [0.29, 0.717) is 6.42 Å². The minimum absolute atomic E-state index is 0.143. The van der Waals surface area contributed by atoms with Gasteiger partial charge in [-0.2, -0.15) is 0 Å². The number of amidine groups is 1. The van der Waals surface area contributed by atoms with Crippen LogP contribution in [0.1, 0.15) is 29.3 Å². The van der Waals surface area contributed by atoms with Gasteiger partial charge in [0.2, 0.25) is 0 Å². The molecular formula is C17H18N2O. The van der Waals surface area contributed by atoms with Gasteiger partial charge in [-0.3, -0.25) is 9.79 Å². The molecule has 0 fully saturated rings. The predicted molar refractivity (Wildman–Crippen MR) is 83.8 cm³/mol. The number of benzene rings is 1. The van der Waals surface area contributed by atoms with Crippen LogP contribution in [0.25, 0.3) is 5.57 Å². The molecule has 3 heteroatoms. The maximum absolute atomic E-state index is 11.8. The number of carbonyl (C=O) groups is 1. The number of Topliss-reactive ketones (excluding diaryl/α,β-unsaturated/α-hetero) is 1. The summed E-state index contributed by atoms with van der Waals surface area (Å²) in [6.07, 6.45) is 6.12. The minimum Gasteiger partial charge on any atom is -0.346 e. The fourth-order valence-electron chi connectivity index (χ4n) is 2.21. The van der Waals surface area contributed by atoms with Crippen molar-refractivity contribution in [3.63, 3.8) is 0 Å². The molecule has 2 rings (SSSR count). The maximum Gasteiger partial charge on any atom is 0.162 e. The molecule has 0 bridgehead atoms. The Labute approximate surface area is 119 Å². The first-order valence-corrected chi connectivity index (χ1v) is 6.61. The molecule has 0 aromatic heterocycles. The summed E-state index contributed by atoms with van der Waals surface area (Å²) in [6.45, 7) is 5.75. The highest BCUT2D eigenvalue weighted by Crippen LogP contribution is 2.24. The molecule has 0 amide bonds. The van der Waals surface area contributed by atoms with Crippen LogP contribution >= 0.6 is 0 Å². The molecule has 0 saturated heterocycles. The number of rotatable bonds is 4. The molecular weight excluding hydrogens is 248 g/mol. The first-order valence-electron chi connectivity index (χ1n) is 6.61. The highest BCUT2D eigenvalue weighted by molar-refractivity contribution is 6.11. The maximum atomic E-state index is 11.8. The van der Waals surface area contributed by atoms with Crippen molar-refractivity contribution in [2.45, 2.75) is 13.3 Å². The van der Waals surface area contributed by atoms with Crippen LogP contribution in [0.2, 0.25) is 0 Å². The fraction of sp³-hybridized carbons (Fsp3) is 0.176. The van der Waals surface area contributed by atoms with Crippen molar-refractivity contribution in [2.75, 3.05) is 7.05 Å². The molecule has 0 aliphatic carbocycles. The number of hydrogen-bond donors (Lipinski definition) is 1. The van der Waals surface area contributed by atoms with Crippen LogP contribution in [-0.2, 0) is 0 Å². The van der Waals surface area contributed by atoms with E-state index >= 15 is 0 Å². The van der Waals surface area contributed by atoms with E-state index in [1.165, 1.54) is 0 Å². The fourth-order valence-corrected chi connectivity index (χ4v) is 2.21. The molecule has 1 aliphatic rings. The van der Waals surface area contributed by atoms with E-state index in [0.717, 1.165) is 28.1 Å². The molecule has 0 radical (unpaired) electrons. The number of carbonyl (C=O) groups excluding carboxylic acids is 1. The Morgan fingerprint density at radius 2 is 2.15 bits per heavy atom. The zero-order chi connectivity index (χ0) is 14.5. The molecule has 0 saturated carbocycles. The van der Waals surface area contributed by atoms with Crippen LogP contribution in [0.5, 0.6) is 0 Å². The van der Waals surface area contributed by atoms with Gasteiger partial charge < -0.3 is 5.32 Å². The molecule has 0 spiro atoms. The standard InChI is InChI=1S/C17H18N2O/c1-4-14(15-9-10-19-17(15)18-3)12-7-6-8-13(11-12)16(20)5-2/h4,6-11H,1,5H2,2-3H3,(H,18,19)/b15-14+. The van der Waals surface area contributed by atoms with Crippen LogP contribution in [0.3, 0.4) is 0 Å². The highest BCUT2D eigenvalue weighted by Gasteiger charge is 2.14. The number of nitrogens with one attached hydrogen (secondary N) is 1. The summed E-state index contributed by atoms with van der Waals surface area (Å²) in [7, 11) is 1.74. The van der Waals surface area contributed by atoms with Crippen molar-refractivity contribution in [3.8, 4) is 0 Å². The molecule has 1 aromatic rings. The lowest BCUT2D eigenvalue weighted by Gasteiger charge is -2.09. The van der Waals surface area contributed by atoms with E-state index in [-0.39, 0.29) is 5.78 Å². The van der Waals surface area contributed by atoms with E-state index < -0.39 is 0 Å². The van der Waals surface area contributed by atoms with Crippen LogP contribution in [0.15, 0.2) is 59.8 Å². The smallest absolute Gasteiger partial charge is 0.162 e. The molecule has 1 heterocycles. The topological polar surface area (TPSA) is 41.5 Å². The molecule has 20 heavy (non-hydrogen) atoms. The second kappa shape index (κ2) is 6.15. The van der Waals surface area contributed by atoms with Crippen LogP contribution in [0, 0.1) is 0 Å². The summed E-state index contributed by atoms with van der Waals surface area (Å²) in [5.74, 6) is 0.955. The van der Waals surface area contributed by atoms with Gasteiger partial charge in [-0.15, -0.1) is 0 Å². The average molecular weight is 266 g/mol. The van der Waals surface area contributed by atoms with Crippen LogP contribution in [0.4, 0.5) is 0 Å². The molecule has 1 aromatic carbocycles. The van der Waals surface area contributed by atoms with Gasteiger partial charge >= 0.3 is 0 Å². The molecule has 0 atom stereocenters. The third kappa shape index (κ3) is 2.62. The zero-order valence-corrected chi connectivity index (χ0v) is 11.8. The SMILES string of the molecule is C=C/C(=C1/C=CNC1=NC)c1cccc(C(=O)CC)c1. The lowest BCUT2D eigenvalue weighted by atomic mass is 9.96. The van der Waals surface area contributed by atoms with Gasteiger partial charge in [0.15, 0.2) is 5.78 Å². The average Bonchev–Trinajstić information content (AvgIpc) is 2.96. The van der Waals surface area contributed by atoms with Gasteiger partial charge in [0, 0.05) is 30.8 Å². The quantitative estimate of drug-likeness (QED) is 0.849. The second-order valence-corrected chi connectivity index (χ2v) is 4.44. The third-order valence-corrected chi connectivity index (χ3v) is 3.26. The van der Waals surface area contributed by atoms with Gasteiger partial charge in [-0.05, 0) is 23.3 Å². The molecule has 1 N–H and O–H groups in total. The lowest BCUT2D eigenvalue weighted by molar-refractivity contribution is 0.0988. The monoisotopic (exact) mass is 266 g/mol. The largest absolute Gasteiger partial charge is 0.346 e. The van der Waals surface area contributed by atoms with Crippen molar-refractivity contribution >= 4 is 17.2 Å². The summed E-state index contributed by atoms with van der Waals surface area (Å²) in [6, 6.07) is 7.64. The normalized spacial score (nSPS) is 18.0. The van der Waals surface area contributed by atoms with Gasteiger partial charge in [-0.25, -0.2) is 0 Å². The highest BCUT2D eigenvalue weighted by atomic mass is 16.1. The summed E-state index contributed by atoms with van der Waals surface area (Å²) in [5.41, 5.74) is 3.67. The van der Waals surface area contributed by atoms with Gasteiger partial charge in [0.1, 0.15) is 5.84 Å². The van der Waals surface area contributed by atoms with E-state index in [1.807, 2.05) is 43.5 Å². The van der Waals surface area contributed by atoms with Gasteiger partial charge in [0.25, 0.3) is 0 Å². The number of aliphatic imine (C=N–C) groups is 1. The lowest BCUT2D eigenvalue weighted by Crippen LogP contribution is -2.13. The summed E-state index contributed by atoms with van der Waals surface area (Å²) >= 11 is 0. The van der Waals surface area contributed by atoms with Crippen molar-refractivity contribution < 1.29 is 4.79 Å². The Kier molecular flexibility index (Phi) is 4.31. The van der Waals surface area contributed by atoms with Crippen molar-refractivity contribution in [1.82, 2.24) is 5.32 Å². The molecule has 102 valence electrons. The number of hydrogen-bond acceptors (Lipinski definition) is 2. The number of ketones is 1. The Hall–Kier alpha value is -2.42. The van der Waals surface area contributed by atoms with Crippen LogP contribution in [-0.4, -0.2) is 18.7 Å². The summed E-state index contributed by atoms with van der Waals surface area (Å²) in [4.78, 5) is 16.0. The second-order valence-electron chi connectivity index (χ2n) is 4.44. The Morgan fingerprint density at radius 3 is 2.80 bits per heavy atom. The summed E-state index contributed by atoms with van der Waals surface area (Å²) in [5, 5.41) is 3.09. The zero-order valence-electron chi connectivity index (χ0n) is 11.8. The molecule has 1 aliphatic heterocycles. The molecule has 0 unspecified atom stereocenters. The van der Waals surface area contributed by atoms with Crippen LogP contribution < -0.4 is 5.32 Å². The first kappa shape index (κ1) is 14.0. The Bertz CT molecular complexity index is 636. The minimum atomic E-state index is 0.143. The predicted octanol–water partition coefficient (Wildman–Crippen LogP) is 3.36. The Morgan fingerprint density at radius 1 is 1.40 bits per heavy atom. The first-order chi connectivity index (χ1) is 9.71. The van der Waals surface area contributed by atoms with Crippen molar-refractivity contribution in [1.29, 1.82) is 0 Å². The molecule has 3 nitrogen and oxygen atoms in total. The third-order valence-electron chi connectivity index (χ3n) is 3.26. The van der Waals surface area contributed by atoms with E-state index in [1.54, 1.807) is 13.1 Å². The number of allylic oxidation sites excluding steroid dienone is 2. The van der Waals surface area contributed by atoms with E-state index in [2.05, 4.69) is 16.9 Å². The van der Waals surface area contributed by atoms with Gasteiger partial charge in [-0.1, -0.05) is 37.8 Å². The van der Waals surface area contributed by atoms with Gasteiger partial charge in [0.05, 0.1) is 0 Å². The van der Waals surface area contributed by atoms with Crippen molar-refractivity contribution in [3.05, 3.63) is 65.9 Å².